The topological polar surface area (TPSA) is 38.1 Å². The minimum Gasteiger partial charge on any atom is -0.342 e. The highest BCUT2D eigenvalue weighted by Gasteiger charge is 2.28. The third-order valence-electron chi connectivity index (χ3n) is 4.38. The summed E-state index contributed by atoms with van der Waals surface area (Å²) in [6, 6.07) is 7.93. The number of likely N-dealkylation sites (tertiary alicyclic amines) is 1. The number of carbonyl (C=O) groups is 1. The standard InChI is InChI=1S/C17H20ClN3O/c1-13-19-8-11-20(13)10-7-17(22)21-9-6-14(12-21)15-4-2-3-5-16(15)18/h2-5,8,11,14H,6-7,9-10,12H2,1H3. The average Bonchev–Trinajstić information content (AvgIpc) is 3.14. The predicted molar refractivity (Wildman–Crippen MR) is 87.0 cm³/mol. The number of aryl methyl sites for hydroxylation is 2. The van der Waals surface area contributed by atoms with Crippen LogP contribution in [0.1, 0.15) is 30.1 Å². The Morgan fingerprint density at radius 1 is 1.41 bits per heavy atom. The van der Waals surface area contributed by atoms with Crippen LogP contribution in [-0.2, 0) is 11.3 Å². The second-order valence-electron chi connectivity index (χ2n) is 5.76. The van der Waals surface area contributed by atoms with Gasteiger partial charge in [0.05, 0.1) is 0 Å². The normalized spacial score (nSPS) is 17.9. The molecule has 22 heavy (non-hydrogen) atoms. The molecule has 1 amide bonds. The molecule has 0 aliphatic carbocycles. The second-order valence-corrected chi connectivity index (χ2v) is 6.17. The molecule has 0 saturated carbocycles. The van der Waals surface area contributed by atoms with Crippen molar-refractivity contribution in [3.8, 4) is 0 Å². The van der Waals surface area contributed by atoms with E-state index in [0.29, 0.717) is 18.9 Å². The van der Waals surface area contributed by atoms with E-state index in [2.05, 4.69) is 11.1 Å². The highest BCUT2D eigenvalue weighted by molar-refractivity contribution is 6.31. The maximum Gasteiger partial charge on any atom is 0.224 e. The van der Waals surface area contributed by atoms with Crippen LogP contribution in [0.3, 0.4) is 0 Å². The van der Waals surface area contributed by atoms with Crippen LogP contribution >= 0.6 is 11.6 Å². The number of hydrogen-bond acceptors (Lipinski definition) is 2. The van der Waals surface area contributed by atoms with E-state index >= 15 is 0 Å². The average molecular weight is 318 g/mol. The summed E-state index contributed by atoms with van der Waals surface area (Å²) < 4.78 is 2.01. The molecule has 1 unspecified atom stereocenters. The van der Waals surface area contributed by atoms with Crippen molar-refractivity contribution in [1.29, 1.82) is 0 Å². The maximum atomic E-state index is 12.4. The SMILES string of the molecule is Cc1nccn1CCC(=O)N1CCC(c2ccccc2Cl)C1. The van der Waals surface area contributed by atoms with Gasteiger partial charge in [0.1, 0.15) is 5.82 Å². The smallest absolute Gasteiger partial charge is 0.224 e. The van der Waals surface area contributed by atoms with Crippen LogP contribution in [0.4, 0.5) is 0 Å². The summed E-state index contributed by atoms with van der Waals surface area (Å²) in [4.78, 5) is 18.5. The Morgan fingerprint density at radius 3 is 2.95 bits per heavy atom. The van der Waals surface area contributed by atoms with E-state index in [1.165, 1.54) is 0 Å². The van der Waals surface area contributed by atoms with Gasteiger partial charge in [-0.2, -0.15) is 0 Å². The second kappa shape index (κ2) is 6.53. The van der Waals surface area contributed by atoms with E-state index in [4.69, 9.17) is 11.6 Å². The van der Waals surface area contributed by atoms with Gasteiger partial charge in [0.15, 0.2) is 0 Å². The number of hydrogen-bond donors (Lipinski definition) is 0. The van der Waals surface area contributed by atoms with E-state index < -0.39 is 0 Å². The van der Waals surface area contributed by atoms with Gasteiger partial charge >= 0.3 is 0 Å². The fourth-order valence-electron chi connectivity index (χ4n) is 3.06. The van der Waals surface area contributed by atoms with E-state index in [1.807, 2.05) is 40.8 Å². The highest BCUT2D eigenvalue weighted by atomic mass is 35.5. The molecule has 0 bridgehead atoms. The van der Waals surface area contributed by atoms with Gasteiger partial charge in [-0.15, -0.1) is 0 Å². The first-order valence-corrected chi connectivity index (χ1v) is 8.03. The fraction of sp³-hybridized carbons (Fsp3) is 0.412. The molecule has 4 nitrogen and oxygen atoms in total. The molecule has 2 heterocycles. The molecule has 1 aliphatic heterocycles. The van der Waals surface area contributed by atoms with Crippen LogP contribution < -0.4 is 0 Å². The zero-order valence-corrected chi connectivity index (χ0v) is 13.5. The Kier molecular flexibility index (Phi) is 4.48. The van der Waals surface area contributed by atoms with E-state index in [9.17, 15) is 4.79 Å². The molecule has 1 aromatic heterocycles. The number of aromatic nitrogens is 2. The summed E-state index contributed by atoms with van der Waals surface area (Å²) in [7, 11) is 0. The van der Waals surface area contributed by atoms with Gasteiger partial charge in [-0.1, -0.05) is 29.8 Å². The summed E-state index contributed by atoms with van der Waals surface area (Å²) in [5.74, 6) is 1.51. The summed E-state index contributed by atoms with van der Waals surface area (Å²) >= 11 is 6.26. The molecule has 116 valence electrons. The molecule has 1 atom stereocenters. The maximum absolute atomic E-state index is 12.4. The number of amides is 1. The number of rotatable bonds is 4. The molecule has 1 aliphatic rings. The summed E-state index contributed by atoms with van der Waals surface area (Å²) in [6.45, 7) is 4.23. The Bertz CT molecular complexity index is 667. The van der Waals surface area contributed by atoms with Gasteiger partial charge < -0.3 is 9.47 Å². The zero-order chi connectivity index (χ0) is 15.5. The molecule has 0 radical (unpaired) electrons. The van der Waals surface area contributed by atoms with Crippen molar-refractivity contribution in [2.45, 2.75) is 32.2 Å². The minimum absolute atomic E-state index is 0.211. The van der Waals surface area contributed by atoms with Crippen molar-refractivity contribution in [1.82, 2.24) is 14.5 Å². The van der Waals surface area contributed by atoms with Gasteiger partial charge in [-0.3, -0.25) is 4.79 Å². The Labute approximate surface area is 135 Å². The molecule has 2 aromatic rings. The molecule has 1 saturated heterocycles. The van der Waals surface area contributed by atoms with Crippen molar-refractivity contribution >= 4 is 17.5 Å². The summed E-state index contributed by atoms with van der Waals surface area (Å²) in [5.41, 5.74) is 1.16. The van der Waals surface area contributed by atoms with Crippen molar-refractivity contribution in [2.24, 2.45) is 0 Å². The third kappa shape index (κ3) is 3.17. The van der Waals surface area contributed by atoms with Crippen molar-refractivity contribution < 1.29 is 4.79 Å². The number of benzene rings is 1. The van der Waals surface area contributed by atoms with Crippen molar-refractivity contribution in [3.63, 3.8) is 0 Å². The van der Waals surface area contributed by atoms with Gasteiger partial charge in [-0.05, 0) is 25.0 Å². The summed E-state index contributed by atoms with van der Waals surface area (Å²) in [5, 5.41) is 0.802. The lowest BCUT2D eigenvalue weighted by Gasteiger charge is -2.17. The largest absolute Gasteiger partial charge is 0.342 e. The molecular formula is C17H20ClN3O. The molecule has 0 N–H and O–H groups in total. The molecule has 1 aromatic carbocycles. The monoisotopic (exact) mass is 317 g/mol. The lowest BCUT2D eigenvalue weighted by atomic mass is 9.98. The summed E-state index contributed by atoms with van der Waals surface area (Å²) in [6.07, 6.45) is 5.19. The fourth-order valence-corrected chi connectivity index (χ4v) is 3.35. The first-order valence-electron chi connectivity index (χ1n) is 7.65. The molecule has 1 fully saturated rings. The van der Waals surface area contributed by atoms with E-state index in [-0.39, 0.29) is 5.91 Å². The van der Waals surface area contributed by atoms with Gasteiger partial charge in [0, 0.05) is 49.4 Å². The lowest BCUT2D eigenvalue weighted by molar-refractivity contribution is -0.130. The third-order valence-corrected chi connectivity index (χ3v) is 4.72. The van der Waals surface area contributed by atoms with Gasteiger partial charge in [0.25, 0.3) is 0 Å². The molecule has 3 rings (SSSR count). The first-order chi connectivity index (χ1) is 10.6. The number of carbonyl (C=O) groups excluding carboxylic acids is 1. The number of nitrogens with zero attached hydrogens (tertiary/aromatic N) is 3. The van der Waals surface area contributed by atoms with E-state index in [0.717, 1.165) is 35.9 Å². The zero-order valence-electron chi connectivity index (χ0n) is 12.7. The predicted octanol–water partition coefficient (Wildman–Crippen LogP) is 3.25. The molecular weight excluding hydrogens is 298 g/mol. The first kappa shape index (κ1) is 15.1. The van der Waals surface area contributed by atoms with Gasteiger partial charge in [0.2, 0.25) is 5.91 Å². The molecule has 5 heteroatoms. The van der Waals surface area contributed by atoms with Crippen LogP contribution in [0.25, 0.3) is 0 Å². The molecule has 0 spiro atoms. The number of halogens is 1. The van der Waals surface area contributed by atoms with Crippen LogP contribution in [0.15, 0.2) is 36.7 Å². The van der Waals surface area contributed by atoms with Crippen LogP contribution in [-0.4, -0.2) is 33.4 Å². The Balaban J connectivity index is 1.57. The highest BCUT2D eigenvalue weighted by Crippen LogP contribution is 2.32. The van der Waals surface area contributed by atoms with Gasteiger partial charge in [-0.25, -0.2) is 4.98 Å². The quantitative estimate of drug-likeness (QED) is 0.868. The van der Waals surface area contributed by atoms with Crippen LogP contribution in [0.5, 0.6) is 0 Å². The van der Waals surface area contributed by atoms with E-state index in [1.54, 1.807) is 6.20 Å². The van der Waals surface area contributed by atoms with Crippen molar-refractivity contribution in [3.05, 3.63) is 53.1 Å². The lowest BCUT2D eigenvalue weighted by Crippen LogP contribution is -2.29. The van der Waals surface area contributed by atoms with Crippen LogP contribution in [0, 0.1) is 6.92 Å². The number of imidazole rings is 1. The Hall–Kier alpha value is -1.81. The minimum atomic E-state index is 0.211. The van der Waals surface area contributed by atoms with Crippen LogP contribution in [0.2, 0.25) is 5.02 Å². The van der Waals surface area contributed by atoms with Crippen molar-refractivity contribution in [2.75, 3.05) is 13.1 Å². The Morgan fingerprint density at radius 2 is 2.23 bits per heavy atom.